The first kappa shape index (κ1) is 6.47. The fraction of sp³-hybridized carbons (Fsp3) is 1.00. The van der Waals surface area contributed by atoms with Gasteiger partial charge < -0.3 is 5.73 Å². The van der Waals surface area contributed by atoms with Gasteiger partial charge in [-0.1, -0.05) is 0 Å². The molecule has 11 heavy (non-hydrogen) atoms. The van der Waals surface area contributed by atoms with Crippen molar-refractivity contribution < 1.29 is 0 Å². The zero-order valence-corrected chi connectivity index (χ0v) is 7.05. The Hall–Kier alpha value is -0.0400. The molecule has 0 aliphatic heterocycles. The quantitative estimate of drug-likeness (QED) is 0.607. The molecule has 4 atom stereocenters. The van der Waals surface area contributed by atoms with Gasteiger partial charge in [0, 0.05) is 0 Å². The van der Waals surface area contributed by atoms with Crippen molar-refractivity contribution in [3.8, 4) is 0 Å². The Kier molecular flexibility index (Phi) is 1.07. The second-order valence-electron chi connectivity index (χ2n) is 5.11. The minimum Gasteiger partial charge on any atom is -0.330 e. The fourth-order valence-electron chi connectivity index (χ4n) is 4.30. The minimum atomic E-state index is 0.646. The zero-order chi connectivity index (χ0) is 7.47. The van der Waals surface area contributed by atoms with E-state index in [4.69, 9.17) is 5.73 Å². The van der Waals surface area contributed by atoms with E-state index < -0.39 is 0 Å². The minimum absolute atomic E-state index is 0.646. The molecule has 1 nitrogen and oxygen atoms in total. The van der Waals surface area contributed by atoms with E-state index in [1.54, 1.807) is 0 Å². The van der Waals surface area contributed by atoms with Gasteiger partial charge >= 0.3 is 0 Å². The summed E-state index contributed by atoms with van der Waals surface area (Å²) in [7, 11) is 0. The van der Waals surface area contributed by atoms with Crippen LogP contribution in [0, 0.1) is 23.2 Å². The lowest BCUT2D eigenvalue weighted by atomic mass is 9.76. The van der Waals surface area contributed by atoms with Gasteiger partial charge in [0.1, 0.15) is 0 Å². The van der Waals surface area contributed by atoms with Crippen molar-refractivity contribution in [1.82, 2.24) is 0 Å². The maximum Gasteiger partial charge on any atom is -0.00177 e. The lowest BCUT2D eigenvalue weighted by molar-refractivity contribution is 0.209. The topological polar surface area (TPSA) is 26.0 Å². The zero-order valence-electron chi connectivity index (χ0n) is 7.05. The first-order valence-corrected chi connectivity index (χ1v) is 5.02. The van der Waals surface area contributed by atoms with Crippen LogP contribution in [-0.2, 0) is 0 Å². The molecule has 62 valence electrons. The first-order valence-electron chi connectivity index (χ1n) is 5.02. The Bertz CT molecular complexity index is 173. The molecule has 4 bridgehead atoms. The highest BCUT2D eigenvalue weighted by atomic mass is 14.7. The molecule has 4 aliphatic carbocycles. The Morgan fingerprint density at radius 1 is 1.09 bits per heavy atom. The van der Waals surface area contributed by atoms with Gasteiger partial charge in [-0.2, -0.15) is 0 Å². The van der Waals surface area contributed by atoms with Crippen molar-refractivity contribution in [2.24, 2.45) is 28.9 Å². The van der Waals surface area contributed by atoms with E-state index in [0.29, 0.717) is 5.41 Å². The summed E-state index contributed by atoms with van der Waals surface area (Å²) in [5, 5.41) is 0. The largest absolute Gasteiger partial charge is 0.330 e. The molecule has 4 aliphatic rings. The van der Waals surface area contributed by atoms with E-state index in [1.165, 1.54) is 32.1 Å². The molecule has 0 spiro atoms. The van der Waals surface area contributed by atoms with Gasteiger partial charge in [0.15, 0.2) is 0 Å². The Labute approximate surface area is 68.3 Å². The molecule has 0 amide bonds. The van der Waals surface area contributed by atoms with Crippen LogP contribution in [0.3, 0.4) is 0 Å². The van der Waals surface area contributed by atoms with Gasteiger partial charge in [0.2, 0.25) is 0 Å². The second-order valence-corrected chi connectivity index (χ2v) is 5.11. The molecular weight excluding hydrogens is 134 g/mol. The third kappa shape index (κ3) is 0.658. The SMILES string of the molecule is NCC12C[C@@H]3CC1C[C@@H](C3)C2. The van der Waals surface area contributed by atoms with Crippen LogP contribution in [0.5, 0.6) is 0 Å². The molecule has 0 aromatic heterocycles. The van der Waals surface area contributed by atoms with Gasteiger partial charge in [-0.05, 0) is 61.8 Å². The summed E-state index contributed by atoms with van der Waals surface area (Å²) in [5.41, 5.74) is 6.54. The van der Waals surface area contributed by atoms with Crippen molar-refractivity contribution in [2.45, 2.75) is 32.1 Å². The van der Waals surface area contributed by atoms with Gasteiger partial charge in [0.25, 0.3) is 0 Å². The molecule has 0 aromatic rings. The van der Waals surface area contributed by atoms with Gasteiger partial charge in [-0.3, -0.25) is 0 Å². The van der Waals surface area contributed by atoms with Crippen LogP contribution in [0.15, 0.2) is 0 Å². The summed E-state index contributed by atoms with van der Waals surface area (Å²) >= 11 is 0. The van der Waals surface area contributed by atoms with E-state index in [0.717, 1.165) is 24.3 Å². The molecule has 0 heterocycles. The molecule has 4 saturated carbocycles. The molecule has 0 saturated heterocycles. The van der Waals surface area contributed by atoms with E-state index in [1.807, 2.05) is 0 Å². The monoisotopic (exact) mass is 151 g/mol. The number of hydrogen-bond donors (Lipinski definition) is 1. The molecule has 2 N–H and O–H groups in total. The molecule has 1 heteroatoms. The molecule has 4 fully saturated rings. The Morgan fingerprint density at radius 3 is 2.18 bits per heavy atom. The molecule has 0 aromatic carbocycles. The van der Waals surface area contributed by atoms with Crippen LogP contribution in [0.2, 0.25) is 0 Å². The second kappa shape index (κ2) is 1.82. The van der Waals surface area contributed by atoms with Crippen molar-refractivity contribution in [2.75, 3.05) is 6.54 Å². The van der Waals surface area contributed by atoms with E-state index >= 15 is 0 Å². The van der Waals surface area contributed by atoms with Gasteiger partial charge in [0.05, 0.1) is 0 Å². The summed E-state index contributed by atoms with van der Waals surface area (Å²) in [6, 6.07) is 0. The molecular formula is C10H17N. The Morgan fingerprint density at radius 2 is 1.73 bits per heavy atom. The van der Waals surface area contributed by atoms with Crippen LogP contribution in [0.1, 0.15) is 32.1 Å². The molecule has 2 unspecified atom stereocenters. The van der Waals surface area contributed by atoms with E-state index in [9.17, 15) is 0 Å². The van der Waals surface area contributed by atoms with Crippen LogP contribution in [0.25, 0.3) is 0 Å². The smallest absolute Gasteiger partial charge is 0.00177 e. The number of hydrogen-bond acceptors (Lipinski definition) is 1. The fourth-order valence-corrected chi connectivity index (χ4v) is 4.30. The van der Waals surface area contributed by atoms with Crippen molar-refractivity contribution in [3.05, 3.63) is 0 Å². The maximum absolute atomic E-state index is 5.89. The highest BCUT2D eigenvalue weighted by Crippen LogP contribution is 2.64. The van der Waals surface area contributed by atoms with Crippen LogP contribution in [-0.4, -0.2) is 6.54 Å². The van der Waals surface area contributed by atoms with Gasteiger partial charge in [-0.25, -0.2) is 0 Å². The summed E-state index contributed by atoms with van der Waals surface area (Å²) in [6.45, 7) is 0.977. The summed E-state index contributed by atoms with van der Waals surface area (Å²) in [6.07, 6.45) is 7.54. The maximum atomic E-state index is 5.89. The van der Waals surface area contributed by atoms with Crippen LogP contribution >= 0.6 is 0 Å². The van der Waals surface area contributed by atoms with E-state index in [2.05, 4.69) is 0 Å². The number of nitrogens with two attached hydrogens (primary N) is 1. The summed E-state index contributed by atoms with van der Waals surface area (Å²) < 4.78 is 0. The summed E-state index contributed by atoms with van der Waals surface area (Å²) in [5.74, 6) is 3.20. The lowest BCUT2D eigenvalue weighted by Gasteiger charge is -2.31. The van der Waals surface area contributed by atoms with Crippen LogP contribution in [0.4, 0.5) is 0 Å². The normalized spacial score (nSPS) is 59.2. The Balaban J connectivity index is 1.98. The predicted molar refractivity (Wildman–Crippen MR) is 45.0 cm³/mol. The average Bonchev–Trinajstić information content (AvgIpc) is 2.37. The lowest BCUT2D eigenvalue weighted by Crippen LogP contribution is -2.31. The van der Waals surface area contributed by atoms with Crippen molar-refractivity contribution in [1.29, 1.82) is 0 Å². The highest BCUT2D eigenvalue weighted by molar-refractivity contribution is 5.07. The third-order valence-corrected chi connectivity index (χ3v) is 4.57. The van der Waals surface area contributed by atoms with E-state index in [-0.39, 0.29) is 0 Å². The van der Waals surface area contributed by atoms with Crippen LogP contribution < -0.4 is 5.73 Å². The average molecular weight is 151 g/mol. The molecule has 4 rings (SSSR count). The summed E-state index contributed by atoms with van der Waals surface area (Å²) in [4.78, 5) is 0. The van der Waals surface area contributed by atoms with Crippen molar-refractivity contribution >= 4 is 0 Å². The molecule has 0 radical (unpaired) electrons. The predicted octanol–water partition coefficient (Wildman–Crippen LogP) is 1.77. The number of rotatable bonds is 1. The third-order valence-electron chi connectivity index (χ3n) is 4.57. The highest BCUT2D eigenvalue weighted by Gasteiger charge is 2.56. The first-order chi connectivity index (χ1) is 5.32. The van der Waals surface area contributed by atoms with Gasteiger partial charge in [-0.15, -0.1) is 0 Å². The van der Waals surface area contributed by atoms with Crippen molar-refractivity contribution in [3.63, 3.8) is 0 Å². The standard InChI is InChI=1S/C10H17N/c11-6-10-4-7-1-8(5-10)3-9(10)2-7/h7-9H,1-6,11H2/t7-,8+,9?,10?.